The first kappa shape index (κ1) is 13.2. The third-order valence-electron chi connectivity index (χ3n) is 3.46. The molecule has 0 radical (unpaired) electrons. The van der Waals surface area contributed by atoms with Crippen LogP contribution in [0.15, 0.2) is 18.2 Å². The van der Waals surface area contributed by atoms with Gasteiger partial charge in [-0.1, -0.05) is 13.0 Å². The van der Waals surface area contributed by atoms with Crippen molar-refractivity contribution < 1.29 is 4.74 Å². The van der Waals surface area contributed by atoms with Crippen LogP contribution < -0.4 is 15.4 Å². The topological polar surface area (TPSA) is 38.5 Å². The van der Waals surface area contributed by atoms with Crippen molar-refractivity contribution in [1.29, 1.82) is 0 Å². The molecule has 0 aromatic heterocycles. The number of hydrogen-bond acceptors (Lipinski definition) is 3. The van der Waals surface area contributed by atoms with Gasteiger partial charge in [0.05, 0.1) is 12.2 Å². The fourth-order valence-corrected chi connectivity index (χ4v) is 2.45. The van der Waals surface area contributed by atoms with E-state index in [9.17, 15) is 0 Å². The van der Waals surface area contributed by atoms with Crippen molar-refractivity contribution in [3.8, 4) is 5.75 Å². The molecule has 0 bridgehead atoms. The smallest absolute Gasteiger partial charge is 0.143 e. The van der Waals surface area contributed by atoms with E-state index in [4.69, 9.17) is 10.5 Å². The summed E-state index contributed by atoms with van der Waals surface area (Å²) in [4.78, 5) is 2.44. The van der Waals surface area contributed by atoms with Crippen LogP contribution in [0.25, 0.3) is 0 Å². The van der Waals surface area contributed by atoms with E-state index >= 15 is 0 Å². The number of nitrogens with two attached hydrogens (primary N) is 1. The minimum absolute atomic E-state index is 0.267. The Balaban J connectivity index is 2.16. The molecule has 1 heterocycles. The Morgan fingerprint density at radius 1 is 1.39 bits per heavy atom. The number of anilines is 1. The van der Waals surface area contributed by atoms with Crippen LogP contribution in [-0.2, 0) is 6.42 Å². The Bertz CT molecular complexity index is 392. The number of benzene rings is 1. The number of aryl methyl sites for hydroxylation is 1. The lowest BCUT2D eigenvalue weighted by molar-refractivity contribution is 0.212. The standard InChI is InChI=1S/C15H24N2O/c1-3-13-6-7-15-14(10-13)17(9-5-4-8-16)11-12(2)18-15/h6-7,10,12H,3-5,8-9,11,16H2,1-2H3. The first-order valence-corrected chi connectivity index (χ1v) is 6.99. The Hall–Kier alpha value is -1.22. The number of fused-ring (bicyclic) bond motifs is 1. The molecule has 1 aliphatic rings. The van der Waals surface area contributed by atoms with Gasteiger partial charge in [0.2, 0.25) is 0 Å². The maximum absolute atomic E-state index is 5.90. The van der Waals surface area contributed by atoms with E-state index in [1.807, 2.05) is 0 Å². The summed E-state index contributed by atoms with van der Waals surface area (Å²) in [7, 11) is 0. The SMILES string of the molecule is CCc1ccc2c(c1)N(CCCCN)CC(C)O2. The van der Waals surface area contributed by atoms with Crippen molar-refractivity contribution in [3.05, 3.63) is 23.8 Å². The lowest BCUT2D eigenvalue weighted by atomic mass is 10.1. The summed E-state index contributed by atoms with van der Waals surface area (Å²) >= 11 is 0. The van der Waals surface area contributed by atoms with Crippen LogP contribution in [0, 0.1) is 0 Å². The molecule has 100 valence electrons. The number of ether oxygens (including phenoxy) is 1. The van der Waals surface area contributed by atoms with Gasteiger partial charge in [-0.15, -0.1) is 0 Å². The predicted octanol–water partition coefficient (Wildman–Crippen LogP) is 2.58. The van der Waals surface area contributed by atoms with Crippen LogP contribution in [0.4, 0.5) is 5.69 Å². The van der Waals surface area contributed by atoms with Gasteiger partial charge in [-0.2, -0.15) is 0 Å². The highest BCUT2D eigenvalue weighted by molar-refractivity contribution is 5.61. The third kappa shape index (κ3) is 2.96. The maximum atomic E-state index is 5.90. The highest BCUT2D eigenvalue weighted by Crippen LogP contribution is 2.34. The van der Waals surface area contributed by atoms with Gasteiger partial charge in [-0.25, -0.2) is 0 Å². The van der Waals surface area contributed by atoms with Crippen LogP contribution in [0.5, 0.6) is 5.75 Å². The van der Waals surface area contributed by atoms with Crippen molar-refractivity contribution in [2.24, 2.45) is 5.73 Å². The summed E-state index contributed by atoms with van der Waals surface area (Å²) in [6.07, 6.45) is 3.58. The van der Waals surface area contributed by atoms with Crippen molar-refractivity contribution >= 4 is 5.69 Å². The van der Waals surface area contributed by atoms with Crippen molar-refractivity contribution in [1.82, 2.24) is 0 Å². The number of rotatable bonds is 5. The fourth-order valence-electron chi connectivity index (χ4n) is 2.45. The summed E-state index contributed by atoms with van der Waals surface area (Å²) in [5.74, 6) is 1.03. The number of hydrogen-bond donors (Lipinski definition) is 1. The van der Waals surface area contributed by atoms with Gasteiger partial charge < -0.3 is 15.4 Å². The van der Waals surface area contributed by atoms with Gasteiger partial charge in [0.25, 0.3) is 0 Å². The number of unbranched alkanes of at least 4 members (excludes halogenated alkanes) is 1. The van der Waals surface area contributed by atoms with Gasteiger partial charge in [-0.3, -0.25) is 0 Å². The monoisotopic (exact) mass is 248 g/mol. The molecule has 2 rings (SSSR count). The molecule has 2 N–H and O–H groups in total. The van der Waals surface area contributed by atoms with Crippen LogP contribution in [0.1, 0.15) is 32.3 Å². The second-order valence-electron chi connectivity index (χ2n) is 5.03. The van der Waals surface area contributed by atoms with Crippen molar-refractivity contribution in [3.63, 3.8) is 0 Å². The Morgan fingerprint density at radius 3 is 2.94 bits per heavy atom. The zero-order chi connectivity index (χ0) is 13.0. The largest absolute Gasteiger partial charge is 0.487 e. The van der Waals surface area contributed by atoms with Crippen LogP contribution in [0.2, 0.25) is 0 Å². The summed E-state index contributed by atoms with van der Waals surface area (Å²) in [5, 5.41) is 0. The maximum Gasteiger partial charge on any atom is 0.143 e. The molecule has 1 aliphatic heterocycles. The quantitative estimate of drug-likeness (QED) is 0.814. The summed E-state index contributed by atoms with van der Waals surface area (Å²) in [6, 6.07) is 6.54. The molecule has 0 saturated heterocycles. The van der Waals surface area contributed by atoms with Gasteiger partial charge in [0.15, 0.2) is 0 Å². The molecular weight excluding hydrogens is 224 g/mol. The average Bonchev–Trinajstić information content (AvgIpc) is 2.38. The predicted molar refractivity (Wildman–Crippen MR) is 76.4 cm³/mol. The zero-order valence-electron chi connectivity index (χ0n) is 11.5. The first-order chi connectivity index (χ1) is 8.74. The van der Waals surface area contributed by atoms with Gasteiger partial charge >= 0.3 is 0 Å². The minimum atomic E-state index is 0.267. The summed E-state index contributed by atoms with van der Waals surface area (Å²) in [5.41, 5.74) is 8.19. The highest BCUT2D eigenvalue weighted by atomic mass is 16.5. The van der Waals surface area contributed by atoms with Crippen LogP contribution >= 0.6 is 0 Å². The molecule has 1 unspecified atom stereocenters. The van der Waals surface area contributed by atoms with E-state index in [1.165, 1.54) is 11.3 Å². The average molecular weight is 248 g/mol. The summed E-state index contributed by atoms with van der Waals surface area (Å²) < 4.78 is 5.90. The number of nitrogens with zero attached hydrogens (tertiary/aromatic N) is 1. The molecule has 1 aromatic rings. The molecule has 0 aliphatic carbocycles. The molecule has 1 atom stereocenters. The summed E-state index contributed by atoms with van der Waals surface area (Å²) in [6.45, 7) is 7.15. The van der Waals surface area contributed by atoms with Crippen molar-refractivity contribution in [2.45, 2.75) is 39.2 Å². The van der Waals surface area contributed by atoms with E-state index < -0.39 is 0 Å². The molecule has 3 heteroatoms. The Morgan fingerprint density at radius 2 is 2.22 bits per heavy atom. The molecule has 3 nitrogen and oxygen atoms in total. The Kier molecular flexibility index (Phi) is 4.48. The molecule has 18 heavy (non-hydrogen) atoms. The van der Waals surface area contributed by atoms with Gasteiger partial charge in [0.1, 0.15) is 11.9 Å². The highest BCUT2D eigenvalue weighted by Gasteiger charge is 2.22. The van der Waals surface area contributed by atoms with Crippen LogP contribution in [-0.4, -0.2) is 25.7 Å². The fraction of sp³-hybridized carbons (Fsp3) is 0.600. The van der Waals surface area contributed by atoms with Gasteiger partial charge in [-0.05, 0) is 50.4 Å². The molecular formula is C15H24N2O. The lowest BCUT2D eigenvalue weighted by Gasteiger charge is -2.35. The van der Waals surface area contributed by atoms with Crippen molar-refractivity contribution in [2.75, 3.05) is 24.5 Å². The first-order valence-electron chi connectivity index (χ1n) is 6.99. The van der Waals surface area contributed by atoms with Gasteiger partial charge in [0, 0.05) is 6.54 Å². The molecule has 0 saturated carbocycles. The molecule has 0 amide bonds. The van der Waals surface area contributed by atoms with E-state index in [0.29, 0.717) is 0 Å². The zero-order valence-corrected chi connectivity index (χ0v) is 11.5. The second kappa shape index (κ2) is 6.10. The minimum Gasteiger partial charge on any atom is -0.487 e. The molecule has 1 aromatic carbocycles. The van der Waals surface area contributed by atoms with Crippen LogP contribution in [0.3, 0.4) is 0 Å². The Labute approximate surface area is 110 Å². The van der Waals surface area contributed by atoms with E-state index in [1.54, 1.807) is 0 Å². The second-order valence-corrected chi connectivity index (χ2v) is 5.03. The molecule has 0 spiro atoms. The van der Waals surface area contributed by atoms with E-state index in [2.05, 4.69) is 36.9 Å². The lowest BCUT2D eigenvalue weighted by Crippen LogP contribution is -2.39. The van der Waals surface area contributed by atoms with E-state index in [0.717, 1.165) is 44.6 Å². The van der Waals surface area contributed by atoms with E-state index in [-0.39, 0.29) is 6.10 Å². The third-order valence-corrected chi connectivity index (χ3v) is 3.46. The normalized spacial score (nSPS) is 18.4. The molecule has 0 fully saturated rings.